The van der Waals surface area contributed by atoms with E-state index in [0.29, 0.717) is 17.8 Å². The van der Waals surface area contributed by atoms with E-state index in [1.54, 1.807) is 11.3 Å². The SMILES string of the molecule is CC(C)N(Cc1cccs1)c1cc(N)nc(C2CC2)n1. The highest BCUT2D eigenvalue weighted by Crippen LogP contribution is 2.39. The summed E-state index contributed by atoms with van der Waals surface area (Å²) in [5.41, 5.74) is 5.96. The summed E-state index contributed by atoms with van der Waals surface area (Å²) in [6, 6.07) is 6.51. The zero-order valence-corrected chi connectivity index (χ0v) is 12.7. The third-order valence-corrected chi connectivity index (χ3v) is 4.38. The van der Waals surface area contributed by atoms with Crippen molar-refractivity contribution in [3.05, 3.63) is 34.3 Å². The quantitative estimate of drug-likeness (QED) is 0.916. The molecule has 0 atom stereocenters. The number of nitrogen functional groups attached to an aromatic ring is 1. The van der Waals surface area contributed by atoms with Gasteiger partial charge in [0.1, 0.15) is 17.5 Å². The first-order chi connectivity index (χ1) is 9.63. The number of rotatable bonds is 5. The molecule has 0 aromatic carbocycles. The lowest BCUT2D eigenvalue weighted by Crippen LogP contribution is -2.31. The summed E-state index contributed by atoms with van der Waals surface area (Å²) < 4.78 is 0. The van der Waals surface area contributed by atoms with Crippen LogP contribution in [0, 0.1) is 0 Å². The second kappa shape index (κ2) is 5.40. The molecule has 0 amide bonds. The minimum Gasteiger partial charge on any atom is -0.384 e. The van der Waals surface area contributed by atoms with E-state index in [0.717, 1.165) is 18.2 Å². The molecule has 1 fully saturated rings. The van der Waals surface area contributed by atoms with E-state index in [9.17, 15) is 0 Å². The Balaban J connectivity index is 1.90. The Morgan fingerprint density at radius 3 is 2.80 bits per heavy atom. The van der Waals surface area contributed by atoms with Crippen molar-refractivity contribution in [3.8, 4) is 0 Å². The fourth-order valence-electron chi connectivity index (χ4n) is 2.24. The summed E-state index contributed by atoms with van der Waals surface area (Å²) in [6.45, 7) is 5.24. The van der Waals surface area contributed by atoms with Gasteiger partial charge in [-0.15, -0.1) is 11.3 Å². The molecular formula is C15H20N4S. The van der Waals surface area contributed by atoms with E-state index >= 15 is 0 Å². The van der Waals surface area contributed by atoms with Crippen LogP contribution in [0.25, 0.3) is 0 Å². The van der Waals surface area contributed by atoms with Gasteiger partial charge in [0.2, 0.25) is 0 Å². The average Bonchev–Trinajstić information content (AvgIpc) is 3.13. The molecule has 0 aliphatic heterocycles. The molecule has 0 spiro atoms. The number of anilines is 2. The number of hydrogen-bond donors (Lipinski definition) is 1. The summed E-state index contributed by atoms with van der Waals surface area (Å²) in [4.78, 5) is 12.7. The van der Waals surface area contributed by atoms with Crippen LogP contribution >= 0.6 is 11.3 Å². The fourth-order valence-corrected chi connectivity index (χ4v) is 2.94. The molecule has 2 heterocycles. The predicted molar refractivity (Wildman–Crippen MR) is 84.1 cm³/mol. The zero-order valence-electron chi connectivity index (χ0n) is 11.9. The van der Waals surface area contributed by atoms with Gasteiger partial charge < -0.3 is 10.6 Å². The molecule has 1 saturated carbocycles. The average molecular weight is 288 g/mol. The molecular weight excluding hydrogens is 268 g/mol. The fraction of sp³-hybridized carbons (Fsp3) is 0.467. The smallest absolute Gasteiger partial charge is 0.136 e. The van der Waals surface area contributed by atoms with Crippen molar-refractivity contribution in [1.82, 2.24) is 9.97 Å². The number of nitrogens with zero attached hydrogens (tertiary/aromatic N) is 3. The molecule has 3 rings (SSSR count). The van der Waals surface area contributed by atoms with E-state index in [1.165, 1.54) is 17.7 Å². The predicted octanol–water partition coefficient (Wildman–Crippen LogP) is 3.41. The van der Waals surface area contributed by atoms with Crippen molar-refractivity contribution in [1.29, 1.82) is 0 Å². The maximum atomic E-state index is 5.96. The standard InChI is InChI=1S/C15H20N4S/c1-10(2)19(9-12-4-3-7-20-12)14-8-13(16)17-15(18-14)11-5-6-11/h3-4,7-8,10-11H,5-6,9H2,1-2H3,(H2,16,17,18). The third-order valence-electron chi connectivity index (χ3n) is 3.52. The molecule has 0 unspecified atom stereocenters. The first kappa shape index (κ1) is 13.4. The number of aromatic nitrogens is 2. The van der Waals surface area contributed by atoms with Crippen molar-refractivity contribution >= 4 is 23.0 Å². The Bertz CT molecular complexity index is 576. The molecule has 2 aromatic heterocycles. The van der Waals surface area contributed by atoms with Crippen molar-refractivity contribution in [3.63, 3.8) is 0 Å². The van der Waals surface area contributed by atoms with Gasteiger partial charge in [-0.1, -0.05) is 6.07 Å². The van der Waals surface area contributed by atoms with E-state index in [-0.39, 0.29) is 0 Å². The highest BCUT2D eigenvalue weighted by molar-refractivity contribution is 7.09. The van der Waals surface area contributed by atoms with Crippen LogP contribution in [0.15, 0.2) is 23.6 Å². The number of nitrogens with two attached hydrogens (primary N) is 1. The molecule has 106 valence electrons. The summed E-state index contributed by atoms with van der Waals surface area (Å²) in [7, 11) is 0. The molecule has 20 heavy (non-hydrogen) atoms. The van der Waals surface area contributed by atoms with Gasteiger partial charge in [-0.3, -0.25) is 0 Å². The van der Waals surface area contributed by atoms with Gasteiger partial charge in [-0.2, -0.15) is 0 Å². The van der Waals surface area contributed by atoms with Crippen LogP contribution in [0.3, 0.4) is 0 Å². The van der Waals surface area contributed by atoms with Gasteiger partial charge >= 0.3 is 0 Å². The van der Waals surface area contributed by atoms with Gasteiger partial charge in [0.15, 0.2) is 0 Å². The maximum Gasteiger partial charge on any atom is 0.136 e. The van der Waals surface area contributed by atoms with Gasteiger partial charge in [-0.25, -0.2) is 9.97 Å². The summed E-state index contributed by atoms with van der Waals surface area (Å²) in [5, 5.41) is 2.11. The van der Waals surface area contributed by atoms with Gasteiger partial charge in [0.05, 0.1) is 6.54 Å². The monoisotopic (exact) mass is 288 g/mol. The Kier molecular flexibility index (Phi) is 3.61. The van der Waals surface area contributed by atoms with E-state index < -0.39 is 0 Å². The highest BCUT2D eigenvalue weighted by atomic mass is 32.1. The van der Waals surface area contributed by atoms with Crippen LogP contribution in [0.4, 0.5) is 11.6 Å². The second-order valence-corrected chi connectivity index (χ2v) is 6.62. The van der Waals surface area contributed by atoms with Crippen molar-refractivity contribution in [2.75, 3.05) is 10.6 Å². The summed E-state index contributed by atoms with van der Waals surface area (Å²) in [6.07, 6.45) is 2.38. The Hall–Kier alpha value is -1.62. The Morgan fingerprint density at radius 2 is 2.20 bits per heavy atom. The van der Waals surface area contributed by atoms with Crippen LogP contribution in [-0.2, 0) is 6.54 Å². The molecule has 4 nitrogen and oxygen atoms in total. The normalized spacial score (nSPS) is 14.8. The lowest BCUT2D eigenvalue weighted by molar-refractivity contribution is 0.672. The molecule has 0 radical (unpaired) electrons. The van der Waals surface area contributed by atoms with Crippen molar-refractivity contribution < 1.29 is 0 Å². The van der Waals surface area contributed by atoms with E-state index in [2.05, 4.69) is 41.2 Å². The highest BCUT2D eigenvalue weighted by Gasteiger charge is 2.28. The Morgan fingerprint density at radius 1 is 1.40 bits per heavy atom. The van der Waals surface area contributed by atoms with Gasteiger partial charge in [-0.05, 0) is 38.1 Å². The second-order valence-electron chi connectivity index (χ2n) is 5.58. The summed E-state index contributed by atoms with van der Waals surface area (Å²) in [5.74, 6) is 2.96. The maximum absolute atomic E-state index is 5.96. The summed E-state index contributed by atoms with van der Waals surface area (Å²) >= 11 is 1.77. The molecule has 0 saturated heterocycles. The molecule has 2 aromatic rings. The van der Waals surface area contributed by atoms with Crippen LogP contribution in [0.2, 0.25) is 0 Å². The van der Waals surface area contributed by atoms with Crippen LogP contribution in [0.5, 0.6) is 0 Å². The zero-order chi connectivity index (χ0) is 14.1. The molecule has 0 bridgehead atoms. The van der Waals surface area contributed by atoms with Gasteiger partial charge in [0.25, 0.3) is 0 Å². The topological polar surface area (TPSA) is 55.0 Å². The van der Waals surface area contributed by atoms with E-state index in [4.69, 9.17) is 10.7 Å². The van der Waals surface area contributed by atoms with Crippen LogP contribution in [-0.4, -0.2) is 16.0 Å². The lowest BCUT2D eigenvalue weighted by atomic mass is 10.2. The molecule has 1 aliphatic carbocycles. The largest absolute Gasteiger partial charge is 0.384 e. The van der Waals surface area contributed by atoms with Crippen molar-refractivity contribution in [2.24, 2.45) is 0 Å². The number of hydrogen-bond acceptors (Lipinski definition) is 5. The van der Waals surface area contributed by atoms with Crippen LogP contribution in [0.1, 0.15) is 43.3 Å². The van der Waals surface area contributed by atoms with Gasteiger partial charge in [0, 0.05) is 22.9 Å². The van der Waals surface area contributed by atoms with E-state index in [1.807, 2.05) is 6.07 Å². The number of thiophene rings is 1. The lowest BCUT2D eigenvalue weighted by Gasteiger charge is -2.27. The molecule has 1 aliphatic rings. The Labute approximate surface area is 123 Å². The molecule has 2 N–H and O–H groups in total. The van der Waals surface area contributed by atoms with Crippen LogP contribution < -0.4 is 10.6 Å². The molecule has 5 heteroatoms. The minimum atomic E-state index is 0.374. The minimum absolute atomic E-state index is 0.374. The third kappa shape index (κ3) is 2.93. The first-order valence-electron chi connectivity index (χ1n) is 7.07. The van der Waals surface area contributed by atoms with Crippen molar-refractivity contribution in [2.45, 2.75) is 45.2 Å². The first-order valence-corrected chi connectivity index (χ1v) is 7.95.